The SMILES string of the molecule is O=C(COc1ccc(NC(=O)c2ccco2)cc1)NC1CCCCCC1. The van der Waals surface area contributed by atoms with Crippen LogP contribution in [0.1, 0.15) is 49.1 Å². The minimum absolute atomic E-state index is 0.00536. The molecule has 1 aromatic carbocycles. The second kappa shape index (κ2) is 9.08. The average Bonchev–Trinajstić information content (AvgIpc) is 3.07. The van der Waals surface area contributed by atoms with E-state index in [1.54, 1.807) is 36.4 Å². The van der Waals surface area contributed by atoms with Crippen LogP contribution >= 0.6 is 0 Å². The van der Waals surface area contributed by atoms with Crippen LogP contribution in [0.3, 0.4) is 0 Å². The molecule has 1 aliphatic carbocycles. The lowest BCUT2D eigenvalue weighted by Crippen LogP contribution is -2.37. The van der Waals surface area contributed by atoms with Crippen molar-refractivity contribution in [1.82, 2.24) is 5.32 Å². The summed E-state index contributed by atoms with van der Waals surface area (Å²) in [4.78, 5) is 23.9. The molecule has 2 aromatic rings. The fourth-order valence-corrected chi connectivity index (χ4v) is 3.08. The largest absolute Gasteiger partial charge is 0.484 e. The standard InChI is InChI=1S/C20H24N2O4/c23-19(21-15-6-3-1-2-4-7-15)14-26-17-11-9-16(10-12-17)22-20(24)18-8-5-13-25-18/h5,8-13,15H,1-4,6-7,14H2,(H,21,23)(H,22,24). The Labute approximate surface area is 152 Å². The van der Waals surface area contributed by atoms with Gasteiger partial charge in [-0.3, -0.25) is 9.59 Å². The maximum atomic E-state index is 12.0. The first-order valence-electron chi connectivity index (χ1n) is 9.08. The summed E-state index contributed by atoms with van der Waals surface area (Å²) in [6.07, 6.45) is 8.42. The Balaban J connectivity index is 1.43. The van der Waals surface area contributed by atoms with Crippen molar-refractivity contribution in [1.29, 1.82) is 0 Å². The number of carbonyl (C=O) groups is 2. The van der Waals surface area contributed by atoms with Crippen molar-refractivity contribution in [3.05, 3.63) is 48.4 Å². The van der Waals surface area contributed by atoms with Crippen LogP contribution < -0.4 is 15.4 Å². The number of rotatable bonds is 6. The predicted molar refractivity (Wildman–Crippen MR) is 98.2 cm³/mol. The molecule has 0 radical (unpaired) electrons. The van der Waals surface area contributed by atoms with Gasteiger partial charge in [-0.1, -0.05) is 25.7 Å². The number of ether oxygens (including phenoxy) is 1. The van der Waals surface area contributed by atoms with Gasteiger partial charge in [0.1, 0.15) is 5.75 Å². The Morgan fingerprint density at radius 2 is 1.77 bits per heavy atom. The highest BCUT2D eigenvalue weighted by Crippen LogP contribution is 2.18. The van der Waals surface area contributed by atoms with Gasteiger partial charge in [-0.05, 0) is 49.2 Å². The van der Waals surface area contributed by atoms with E-state index < -0.39 is 0 Å². The van der Waals surface area contributed by atoms with Crippen molar-refractivity contribution < 1.29 is 18.7 Å². The van der Waals surface area contributed by atoms with Gasteiger partial charge >= 0.3 is 0 Å². The summed E-state index contributed by atoms with van der Waals surface area (Å²) in [5.74, 6) is 0.427. The van der Waals surface area contributed by atoms with Crippen molar-refractivity contribution in [3.63, 3.8) is 0 Å². The summed E-state index contributed by atoms with van der Waals surface area (Å²) >= 11 is 0. The van der Waals surface area contributed by atoms with Crippen molar-refractivity contribution in [2.45, 2.75) is 44.6 Å². The van der Waals surface area contributed by atoms with E-state index in [0.717, 1.165) is 12.8 Å². The molecule has 2 amide bonds. The second-order valence-corrected chi connectivity index (χ2v) is 6.50. The molecule has 6 heteroatoms. The molecule has 1 fully saturated rings. The van der Waals surface area contributed by atoms with Crippen LogP contribution in [0.4, 0.5) is 5.69 Å². The number of carbonyl (C=O) groups excluding carboxylic acids is 2. The summed E-state index contributed by atoms with van der Waals surface area (Å²) in [6, 6.07) is 10.4. The van der Waals surface area contributed by atoms with Crippen molar-refractivity contribution in [2.75, 3.05) is 11.9 Å². The summed E-state index contributed by atoms with van der Waals surface area (Å²) < 4.78 is 10.6. The molecular formula is C20H24N2O4. The third-order valence-electron chi connectivity index (χ3n) is 4.45. The lowest BCUT2D eigenvalue weighted by Gasteiger charge is -2.16. The average molecular weight is 356 g/mol. The van der Waals surface area contributed by atoms with Gasteiger partial charge in [-0.15, -0.1) is 0 Å². The molecule has 26 heavy (non-hydrogen) atoms. The number of hydrogen-bond donors (Lipinski definition) is 2. The molecule has 0 aliphatic heterocycles. The maximum absolute atomic E-state index is 12.0. The molecule has 1 aromatic heterocycles. The van der Waals surface area contributed by atoms with E-state index in [1.807, 2.05) is 0 Å². The first kappa shape index (κ1) is 18.0. The lowest BCUT2D eigenvalue weighted by atomic mass is 10.1. The Bertz CT molecular complexity index is 702. The molecule has 1 aliphatic rings. The first-order chi connectivity index (χ1) is 12.7. The predicted octanol–water partition coefficient (Wildman–Crippen LogP) is 3.75. The van der Waals surface area contributed by atoms with Gasteiger partial charge in [0.05, 0.1) is 6.26 Å². The van der Waals surface area contributed by atoms with Gasteiger partial charge in [0, 0.05) is 11.7 Å². The normalized spacial score (nSPS) is 15.1. The maximum Gasteiger partial charge on any atom is 0.291 e. The molecule has 0 bridgehead atoms. The van der Waals surface area contributed by atoms with E-state index in [0.29, 0.717) is 11.4 Å². The highest BCUT2D eigenvalue weighted by atomic mass is 16.5. The first-order valence-corrected chi connectivity index (χ1v) is 9.08. The number of furan rings is 1. The fraction of sp³-hybridized carbons (Fsp3) is 0.400. The third-order valence-corrected chi connectivity index (χ3v) is 4.45. The zero-order valence-electron chi connectivity index (χ0n) is 14.7. The second-order valence-electron chi connectivity index (χ2n) is 6.50. The number of amides is 2. The minimum Gasteiger partial charge on any atom is -0.484 e. The quantitative estimate of drug-likeness (QED) is 0.773. The number of nitrogens with one attached hydrogen (secondary N) is 2. The van der Waals surface area contributed by atoms with Crippen molar-refractivity contribution in [3.8, 4) is 5.75 Å². The van der Waals surface area contributed by atoms with Crippen LogP contribution in [0.25, 0.3) is 0 Å². The van der Waals surface area contributed by atoms with E-state index in [9.17, 15) is 9.59 Å². The van der Waals surface area contributed by atoms with Crippen LogP contribution in [-0.4, -0.2) is 24.5 Å². The van der Waals surface area contributed by atoms with Gasteiger partial charge in [0.25, 0.3) is 11.8 Å². The zero-order valence-corrected chi connectivity index (χ0v) is 14.7. The Morgan fingerprint density at radius 1 is 1.04 bits per heavy atom. The van der Waals surface area contributed by atoms with Crippen LogP contribution in [0, 0.1) is 0 Å². The zero-order chi connectivity index (χ0) is 18.2. The Hall–Kier alpha value is -2.76. The minimum atomic E-state index is -0.313. The molecule has 1 saturated carbocycles. The van der Waals surface area contributed by atoms with Gasteiger partial charge < -0.3 is 19.8 Å². The molecule has 3 rings (SSSR count). The van der Waals surface area contributed by atoms with Crippen LogP contribution in [0.2, 0.25) is 0 Å². The molecule has 2 N–H and O–H groups in total. The van der Waals surface area contributed by atoms with Crippen LogP contribution in [0.5, 0.6) is 5.75 Å². The Morgan fingerprint density at radius 3 is 2.42 bits per heavy atom. The van der Waals surface area contributed by atoms with E-state index in [4.69, 9.17) is 9.15 Å². The highest BCUT2D eigenvalue weighted by molar-refractivity contribution is 6.02. The van der Waals surface area contributed by atoms with E-state index in [1.165, 1.54) is 31.9 Å². The highest BCUT2D eigenvalue weighted by Gasteiger charge is 2.15. The third kappa shape index (κ3) is 5.37. The molecule has 0 unspecified atom stereocenters. The monoisotopic (exact) mass is 356 g/mol. The number of benzene rings is 1. The molecule has 0 saturated heterocycles. The van der Waals surface area contributed by atoms with E-state index in [2.05, 4.69) is 10.6 Å². The number of anilines is 1. The van der Waals surface area contributed by atoms with Gasteiger partial charge in [-0.25, -0.2) is 0 Å². The summed E-state index contributed by atoms with van der Waals surface area (Å²) in [5.41, 5.74) is 0.627. The van der Waals surface area contributed by atoms with Gasteiger partial charge in [-0.2, -0.15) is 0 Å². The van der Waals surface area contributed by atoms with Gasteiger partial charge in [0.2, 0.25) is 0 Å². The summed E-state index contributed by atoms with van der Waals surface area (Å²) in [5, 5.41) is 5.78. The van der Waals surface area contributed by atoms with Crippen molar-refractivity contribution >= 4 is 17.5 Å². The summed E-state index contributed by atoms with van der Waals surface area (Å²) in [6.45, 7) is -0.00536. The van der Waals surface area contributed by atoms with E-state index in [-0.39, 0.29) is 30.2 Å². The lowest BCUT2D eigenvalue weighted by molar-refractivity contribution is -0.123. The van der Waals surface area contributed by atoms with Crippen LogP contribution in [-0.2, 0) is 4.79 Å². The topological polar surface area (TPSA) is 80.6 Å². The van der Waals surface area contributed by atoms with Crippen molar-refractivity contribution in [2.24, 2.45) is 0 Å². The summed E-state index contributed by atoms with van der Waals surface area (Å²) in [7, 11) is 0. The van der Waals surface area contributed by atoms with Crippen LogP contribution in [0.15, 0.2) is 47.1 Å². The fourth-order valence-electron chi connectivity index (χ4n) is 3.08. The molecule has 6 nitrogen and oxygen atoms in total. The molecular weight excluding hydrogens is 332 g/mol. The van der Waals surface area contributed by atoms with Gasteiger partial charge in [0.15, 0.2) is 12.4 Å². The molecule has 0 atom stereocenters. The van der Waals surface area contributed by atoms with E-state index >= 15 is 0 Å². The molecule has 1 heterocycles. The Kier molecular flexibility index (Phi) is 6.30. The number of hydrogen-bond acceptors (Lipinski definition) is 4. The smallest absolute Gasteiger partial charge is 0.291 e. The molecule has 138 valence electrons. The molecule has 0 spiro atoms.